The first-order chi connectivity index (χ1) is 32.3. The van der Waals surface area contributed by atoms with Crippen molar-refractivity contribution >= 4 is 136 Å². The second-order valence-electron chi connectivity index (χ2n) is 16.7. The lowest BCUT2D eigenvalue weighted by Crippen LogP contribution is -2.76. The van der Waals surface area contributed by atoms with Gasteiger partial charge in [0, 0.05) is 56.3 Å². The van der Waals surface area contributed by atoms with Crippen molar-refractivity contribution in [2.24, 2.45) is 0 Å². The Bertz CT molecular complexity index is 3830. The molecule has 304 valence electrons. The molecule has 0 saturated carbocycles. The summed E-state index contributed by atoms with van der Waals surface area (Å²) in [5.41, 5.74) is 7.96. The maximum atomic E-state index is 5.60. The van der Waals surface area contributed by atoms with Gasteiger partial charge in [0.25, 0.3) is 0 Å². The molecule has 0 atom stereocenters. The monoisotopic (exact) mass is 881 g/mol. The van der Waals surface area contributed by atoms with E-state index >= 15 is 0 Å². The number of benzene rings is 7. The average Bonchev–Trinajstić information content (AvgIpc) is 4.14. The number of rotatable bonds is 6. The van der Waals surface area contributed by atoms with E-state index in [2.05, 4.69) is 197 Å². The summed E-state index contributed by atoms with van der Waals surface area (Å²) < 4.78 is 9.71. The first kappa shape index (κ1) is 36.7. The summed E-state index contributed by atoms with van der Waals surface area (Å²) in [6.07, 6.45) is 5.98. The summed E-state index contributed by atoms with van der Waals surface area (Å²) in [7, 11) is -3.32. The van der Waals surface area contributed by atoms with Gasteiger partial charge in [0.15, 0.2) is 0 Å². The SMILES string of the molecule is c1ccc([Si](c2ccccc2)(c2nccc3c2sc2c(-n4c5ccccc5c5ccccc54)cccc23)c2nccc3c2sc2c(-n4c5ccccc5c5ncccc54)cccc23)cc1. The Balaban J connectivity index is 1.10. The lowest BCUT2D eigenvalue weighted by molar-refractivity contribution is 1.20. The number of thiophene rings is 2. The van der Waals surface area contributed by atoms with Gasteiger partial charge in [-0.1, -0.05) is 140 Å². The lowest BCUT2D eigenvalue weighted by Gasteiger charge is -2.32. The van der Waals surface area contributed by atoms with Gasteiger partial charge in [0.05, 0.1) is 68.4 Å². The van der Waals surface area contributed by atoms with Crippen LogP contribution in [0.1, 0.15) is 0 Å². The van der Waals surface area contributed by atoms with Crippen LogP contribution in [0.5, 0.6) is 0 Å². The molecule has 7 aromatic heterocycles. The van der Waals surface area contributed by atoms with Gasteiger partial charge in [-0.3, -0.25) is 15.0 Å². The molecule has 7 aromatic carbocycles. The molecule has 5 nitrogen and oxygen atoms in total. The molecule has 0 radical (unpaired) electrons. The molecular weight excluding hydrogens is 847 g/mol. The van der Waals surface area contributed by atoms with Gasteiger partial charge in [0.1, 0.15) is 0 Å². The number of para-hydroxylation sites is 3. The molecular formula is C57H35N5S2Si. The van der Waals surface area contributed by atoms with E-state index in [-0.39, 0.29) is 0 Å². The van der Waals surface area contributed by atoms with Crippen molar-refractivity contribution in [1.29, 1.82) is 0 Å². The minimum absolute atomic E-state index is 1.01. The summed E-state index contributed by atoms with van der Waals surface area (Å²) in [5, 5.41) is 13.2. The molecule has 0 aliphatic carbocycles. The lowest BCUT2D eigenvalue weighted by atomic mass is 10.1. The Morgan fingerprint density at radius 3 is 1.26 bits per heavy atom. The van der Waals surface area contributed by atoms with E-state index in [9.17, 15) is 0 Å². The van der Waals surface area contributed by atoms with E-state index in [1.54, 1.807) is 0 Å². The summed E-state index contributed by atoms with van der Waals surface area (Å²) in [6.45, 7) is 0. The highest BCUT2D eigenvalue weighted by Crippen LogP contribution is 2.43. The number of pyridine rings is 3. The van der Waals surface area contributed by atoms with Crippen LogP contribution in [-0.2, 0) is 0 Å². The van der Waals surface area contributed by atoms with E-state index in [1.807, 2.05) is 47.3 Å². The molecule has 14 aromatic rings. The molecule has 0 N–H and O–H groups in total. The van der Waals surface area contributed by atoms with Crippen molar-refractivity contribution in [2.75, 3.05) is 0 Å². The van der Waals surface area contributed by atoms with Crippen LogP contribution in [0.15, 0.2) is 213 Å². The Kier molecular flexibility index (Phi) is 7.98. The number of fused-ring (bicyclic) bond motifs is 12. The maximum absolute atomic E-state index is 5.60. The van der Waals surface area contributed by atoms with Gasteiger partial charge < -0.3 is 9.13 Å². The molecule has 0 unspecified atom stereocenters. The van der Waals surface area contributed by atoms with Gasteiger partial charge in [0.2, 0.25) is 8.07 Å². The molecule has 8 heteroatoms. The number of aromatic nitrogens is 5. The summed E-state index contributed by atoms with van der Waals surface area (Å²) >= 11 is 3.73. The van der Waals surface area contributed by atoms with Crippen molar-refractivity contribution in [1.82, 2.24) is 24.1 Å². The first-order valence-electron chi connectivity index (χ1n) is 21.8. The van der Waals surface area contributed by atoms with Crippen LogP contribution in [0, 0.1) is 0 Å². The molecule has 0 amide bonds. The van der Waals surface area contributed by atoms with Crippen LogP contribution in [0.25, 0.3) is 95.5 Å². The van der Waals surface area contributed by atoms with Crippen LogP contribution in [0.2, 0.25) is 0 Å². The van der Waals surface area contributed by atoms with E-state index in [4.69, 9.17) is 15.0 Å². The highest BCUT2D eigenvalue weighted by molar-refractivity contribution is 7.33. The van der Waals surface area contributed by atoms with Gasteiger partial charge >= 0.3 is 0 Å². The Hall–Kier alpha value is -7.75. The van der Waals surface area contributed by atoms with Crippen molar-refractivity contribution < 1.29 is 0 Å². The normalized spacial score (nSPS) is 12.3. The van der Waals surface area contributed by atoms with Gasteiger partial charge in [-0.15, -0.1) is 22.7 Å². The standard InChI is InChI=1S/C57H35N5S2Si/c1-3-16-36(17-4-1)65(37-18-5-2-6-19-37,56-54-42(31-34-59-56)40-23-13-28-49(52(40)63-54)61-45-25-10-7-20-38(45)39-21-8-11-26-46(39)61)57-55-43(32-35-60-57)41-24-14-29-50(53(41)64-55)62-47-27-12-9-22-44(47)51-48(62)30-15-33-58-51/h1-35H. The minimum atomic E-state index is -3.32. The number of hydrogen-bond acceptors (Lipinski definition) is 5. The van der Waals surface area contributed by atoms with Crippen molar-refractivity contribution in [3.63, 3.8) is 0 Å². The molecule has 0 bridgehead atoms. The van der Waals surface area contributed by atoms with Crippen LogP contribution < -0.4 is 21.0 Å². The minimum Gasteiger partial charge on any atom is -0.308 e. The zero-order chi connectivity index (χ0) is 42.6. The fraction of sp³-hybridized carbons (Fsp3) is 0. The second-order valence-corrected chi connectivity index (χ2v) is 22.3. The smallest absolute Gasteiger partial charge is 0.227 e. The third-order valence-corrected chi connectivity index (χ3v) is 20.8. The maximum Gasteiger partial charge on any atom is 0.227 e. The summed E-state index contributed by atoms with van der Waals surface area (Å²) in [5.74, 6) is 0. The third-order valence-electron chi connectivity index (χ3n) is 13.4. The Morgan fingerprint density at radius 2 is 0.723 bits per heavy atom. The molecule has 0 aliphatic heterocycles. The molecule has 0 spiro atoms. The Labute approximate surface area is 381 Å². The first-order valence-corrected chi connectivity index (χ1v) is 25.5. The third kappa shape index (κ3) is 5.09. The van der Waals surface area contributed by atoms with Crippen LogP contribution in [0.3, 0.4) is 0 Å². The van der Waals surface area contributed by atoms with Gasteiger partial charge in [-0.05, 0) is 65.0 Å². The highest BCUT2D eigenvalue weighted by Gasteiger charge is 2.47. The second kappa shape index (κ2) is 14.1. The van der Waals surface area contributed by atoms with E-state index < -0.39 is 8.07 Å². The molecule has 0 saturated heterocycles. The largest absolute Gasteiger partial charge is 0.308 e. The fourth-order valence-electron chi connectivity index (χ4n) is 10.7. The zero-order valence-electron chi connectivity index (χ0n) is 34.8. The van der Waals surface area contributed by atoms with Crippen molar-refractivity contribution in [2.45, 2.75) is 0 Å². The zero-order valence-corrected chi connectivity index (χ0v) is 37.4. The molecule has 7 heterocycles. The summed E-state index contributed by atoms with van der Waals surface area (Å²) in [6, 6.07) is 70.7. The van der Waals surface area contributed by atoms with Gasteiger partial charge in [-0.25, -0.2) is 0 Å². The van der Waals surface area contributed by atoms with Crippen LogP contribution >= 0.6 is 22.7 Å². The Morgan fingerprint density at radius 1 is 0.308 bits per heavy atom. The summed E-state index contributed by atoms with van der Waals surface area (Å²) in [4.78, 5) is 16.1. The van der Waals surface area contributed by atoms with Crippen molar-refractivity contribution in [3.8, 4) is 11.4 Å². The van der Waals surface area contributed by atoms with E-state index in [0.717, 1.165) is 38.3 Å². The van der Waals surface area contributed by atoms with Crippen molar-refractivity contribution in [3.05, 3.63) is 213 Å². The van der Waals surface area contributed by atoms with E-state index in [1.165, 1.54) is 78.2 Å². The number of hydrogen-bond donors (Lipinski definition) is 0. The number of nitrogens with zero attached hydrogens (tertiary/aromatic N) is 5. The average molecular weight is 882 g/mol. The van der Waals surface area contributed by atoms with E-state index in [0.29, 0.717) is 0 Å². The molecule has 0 aliphatic rings. The highest BCUT2D eigenvalue weighted by atomic mass is 32.1. The van der Waals surface area contributed by atoms with Crippen LogP contribution in [0.4, 0.5) is 0 Å². The topological polar surface area (TPSA) is 48.5 Å². The van der Waals surface area contributed by atoms with Crippen LogP contribution in [-0.4, -0.2) is 32.2 Å². The molecule has 0 fully saturated rings. The van der Waals surface area contributed by atoms with Gasteiger partial charge in [-0.2, -0.15) is 0 Å². The predicted molar refractivity (Wildman–Crippen MR) is 278 cm³/mol. The molecule has 14 rings (SSSR count). The molecule has 65 heavy (non-hydrogen) atoms. The quantitative estimate of drug-likeness (QED) is 0.156. The predicted octanol–water partition coefficient (Wildman–Crippen LogP) is 12.2. The fourth-order valence-corrected chi connectivity index (χ4v) is 18.9.